The van der Waals surface area contributed by atoms with Crippen molar-refractivity contribution in [1.82, 2.24) is 19.9 Å². The molecule has 0 spiro atoms. The predicted octanol–water partition coefficient (Wildman–Crippen LogP) is 2.09. The van der Waals surface area contributed by atoms with Crippen molar-refractivity contribution in [2.24, 2.45) is 0 Å². The molecule has 1 amide bonds. The monoisotopic (exact) mass is 429 g/mol. The molecule has 10 heteroatoms. The number of ether oxygens (including phenoxy) is 2. The molecule has 1 N–H and O–H groups in total. The van der Waals surface area contributed by atoms with Gasteiger partial charge in [-0.3, -0.25) is 9.59 Å². The Hall–Kier alpha value is -3.14. The zero-order valence-electron chi connectivity index (χ0n) is 16.9. The number of benzene rings is 1. The molecule has 0 aliphatic carbocycles. The van der Waals surface area contributed by atoms with E-state index in [1.54, 1.807) is 26.4 Å². The summed E-state index contributed by atoms with van der Waals surface area (Å²) in [4.78, 5) is 32.4. The number of nitrogens with zero attached hydrogens (tertiary/aromatic N) is 4. The van der Waals surface area contributed by atoms with E-state index in [2.05, 4.69) is 20.3 Å². The van der Waals surface area contributed by atoms with Crippen molar-refractivity contribution in [3.05, 3.63) is 45.9 Å². The van der Waals surface area contributed by atoms with Gasteiger partial charge in [0, 0.05) is 25.8 Å². The summed E-state index contributed by atoms with van der Waals surface area (Å²) in [6, 6.07) is 5.36. The molecule has 0 radical (unpaired) electrons. The first-order valence-corrected chi connectivity index (χ1v) is 10.6. The van der Waals surface area contributed by atoms with Crippen LogP contribution in [0.5, 0.6) is 11.5 Å². The molecule has 1 saturated heterocycles. The minimum atomic E-state index is -0.496. The molecule has 0 saturated carbocycles. The average molecular weight is 430 g/mol. The second kappa shape index (κ2) is 8.70. The third-order valence-electron chi connectivity index (χ3n) is 5.05. The van der Waals surface area contributed by atoms with Gasteiger partial charge in [-0.2, -0.15) is 4.52 Å². The highest BCUT2D eigenvalue weighted by Gasteiger charge is 2.19. The number of anilines is 1. The van der Waals surface area contributed by atoms with Crippen LogP contribution in [0.4, 0.5) is 5.13 Å². The van der Waals surface area contributed by atoms with Crippen molar-refractivity contribution in [1.29, 1.82) is 0 Å². The van der Waals surface area contributed by atoms with Gasteiger partial charge in [-0.1, -0.05) is 17.4 Å². The Kier molecular flexibility index (Phi) is 5.84. The Morgan fingerprint density at radius 2 is 1.93 bits per heavy atom. The molecule has 9 nitrogen and oxygen atoms in total. The van der Waals surface area contributed by atoms with Gasteiger partial charge in [0.1, 0.15) is 5.56 Å². The SMILES string of the molecule is COc1ccc(CNC(=O)c2cnc3sc(N4CCCCC4)nn3c2=O)cc1OC. The summed E-state index contributed by atoms with van der Waals surface area (Å²) in [6.07, 6.45) is 4.76. The lowest BCUT2D eigenvalue weighted by atomic mass is 10.1. The molecule has 0 unspecified atom stereocenters. The average Bonchev–Trinajstić information content (AvgIpc) is 3.23. The second-order valence-corrected chi connectivity index (χ2v) is 7.91. The van der Waals surface area contributed by atoms with Crippen molar-refractivity contribution >= 4 is 27.3 Å². The van der Waals surface area contributed by atoms with Crippen molar-refractivity contribution in [3.8, 4) is 11.5 Å². The predicted molar refractivity (Wildman–Crippen MR) is 114 cm³/mol. The van der Waals surface area contributed by atoms with Crippen molar-refractivity contribution in [2.75, 3.05) is 32.2 Å². The minimum absolute atomic E-state index is 0.0385. The van der Waals surface area contributed by atoms with E-state index in [4.69, 9.17) is 9.47 Å². The van der Waals surface area contributed by atoms with Gasteiger partial charge in [0.2, 0.25) is 10.1 Å². The Bertz CT molecular complexity index is 1120. The number of fused-ring (bicyclic) bond motifs is 1. The fraction of sp³-hybridized carbons (Fsp3) is 0.400. The summed E-state index contributed by atoms with van der Waals surface area (Å²) in [6.45, 7) is 2.08. The number of aromatic nitrogens is 3. The van der Waals surface area contributed by atoms with Crippen LogP contribution in [0.15, 0.2) is 29.2 Å². The van der Waals surface area contributed by atoms with Gasteiger partial charge in [-0.05, 0) is 37.0 Å². The Morgan fingerprint density at radius 3 is 2.67 bits per heavy atom. The fourth-order valence-electron chi connectivity index (χ4n) is 3.41. The molecule has 0 atom stereocenters. The summed E-state index contributed by atoms with van der Waals surface area (Å²) in [5.74, 6) is 0.679. The largest absolute Gasteiger partial charge is 0.493 e. The van der Waals surface area contributed by atoms with Crippen LogP contribution in [0.3, 0.4) is 0 Å². The number of carbonyl (C=O) groups excluding carboxylic acids is 1. The number of carbonyl (C=O) groups is 1. The Labute approximate surface area is 177 Å². The van der Waals surface area contributed by atoms with Crippen LogP contribution in [0.2, 0.25) is 0 Å². The topological polar surface area (TPSA) is 98.1 Å². The molecule has 1 aromatic carbocycles. The van der Waals surface area contributed by atoms with E-state index in [0.717, 1.165) is 36.6 Å². The molecule has 1 aliphatic rings. The number of hydrogen-bond acceptors (Lipinski definition) is 8. The standard InChI is InChI=1S/C20H23N5O4S/c1-28-15-7-6-13(10-16(15)29-2)11-21-17(26)14-12-22-19-25(18(14)27)23-20(30-19)24-8-4-3-5-9-24/h6-7,10,12H,3-5,8-9,11H2,1-2H3,(H,21,26). The third kappa shape index (κ3) is 3.95. The van der Waals surface area contributed by atoms with E-state index >= 15 is 0 Å². The summed E-state index contributed by atoms with van der Waals surface area (Å²) in [5, 5.41) is 7.94. The van der Waals surface area contributed by atoms with Crippen molar-refractivity contribution < 1.29 is 14.3 Å². The van der Waals surface area contributed by atoms with Gasteiger partial charge in [0.25, 0.3) is 11.5 Å². The highest BCUT2D eigenvalue weighted by molar-refractivity contribution is 7.20. The summed E-state index contributed by atoms with van der Waals surface area (Å²) in [5.41, 5.74) is 0.309. The highest BCUT2D eigenvalue weighted by Crippen LogP contribution is 2.27. The Morgan fingerprint density at radius 1 is 1.17 bits per heavy atom. The van der Waals surface area contributed by atoms with Crippen LogP contribution < -0.4 is 25.2 Å². The molecule has 1 fully saturated rings. The van der Waals surface area contributed by atoms with E-state index in [0.29, 0.717) is 16.5 Å². The van der Waals surface area contributed by atoms with E-state index < -0.39 is 11.5 Å². The first-order chi connectivity index (χ1) is 14.6. The van der Waals surface area contributed by atoms with Crippen LogP contribution >= 0.6 is 11.3 Å². The number of nitrogens with one attached hydrogen (secondary N) is 1. The number of rotatable bonds is 6. The molecule has 2 aromatic heterocycles. The molecule has 1 aliphatic heterocycles. The summed E-state index contributed by atoms with van der Waals surface area (Å²) in [7, 11) is 3.11. The lowest BCUT2D eigenvalue weighted by Crippen LogP contribution is -2.32. The van der Waals surface area contributed by atoms with Crippen LogP contribution in [-0.2, 0) is 6.54 Å². The summed E-state index contributed by atoms with van der Waals surface area (Å²) < 4.78 is 11.7. The zero-order chi connectivity index (χ0) is 21.1. The first-order valence-electron chi connectivity index (χ1n) is 9.73. The lowest BCUT2D eigenvalue weighted by molar-refractivity contribution is 0.0948. The third-order valence-corrected chi connectivity index (χ3v) is 6.03. The van der Waals surface area contributed by atoms with Gasteiger partial charge in [0.15, 0.2) is 11.5 Å². The smallest absolute Gasteiger partial charge is 0.288 e. The minimum Gasteiger partial charge on any atom is -0.493 e. The van der Waals surface area contributed by atoms with Gasteiger partial charge in [0.05, 0.1) is 14.2 Å². The van der Waals surface area contributed by atoms with Crippen molar-refractivity contribution in [2.45, 2.75) is 25.8 Å². The van der Waals surface area contributed by atoms with E-state index in [1.165, 1.54) is 28.5 Å². The van der Waals surface area contributed by atoms with E-state index in [9.17, 15) is 9.59 Å². The maximum atomic E-state index is 12.8. The molecule has 4 rings (SSSR count). The molecule has 0 bridgehead atoms. The number of piperidine rings is 1. The van der Waals surface area contributed by atoms with Gasteiger partial charge in [-0.15, -0.1) is 5.10 Å². The van der Waals surface area contributed by atoms with Gasteiger partial charge in [-0.25, -0.2) is 4.98 Å². The fourth-order valence-corrected chi connectivity index (χ4v) is 4.33. The molecule has 3 aromatic rings. The Balaban J connectivity index is 1.52. The second-order valence-electron chi connectivity index (χ2n) is 6.98. The zero-order valence-corrected chi connectivity index (χ0v) is 17.7. The molecule has 30 heavy (non-hydrogen) atoms. The quantitative estimate of drug-likeness (QED) is 0.641. The number of hydrogen-bond donors (Lipinski definition) is 1. The lowest BCUT2D eigenvalue weighted by Gasteiger charge is -2.25. The first kappa shape index (κ1) is 20.1. The molecular formula is C20H23N5O4S. The maximum Gasteiger partial charge on any atom is 0.288 e. The highest BCUT2D eigenvalue weighted by atomic mass is 32.1. The summed E-state index contributed by atoms with van der Waals surface area (Å²) >= 11 is 1.37. The van der Waals surface area contributed by atoms with Crippen LogP contribution in [0.1, 0.15) is 35.2 Å². The number of amides is 1. The molecule has 158 valence electrons. The normalized spacial score (nSPS) is 14.0. The van der Waals surface area contributed by atoms with E-state index in [1.807, 2.05) is 6.07 Å². The number of methoxy groups -OCH3 is 2. The van der Waals surface area contributed by atoms with E-state index in [-0.39, 0.29) is 12.1 Å². The van der Waals surface area contributed by atoms with Gasteiger partial charge >= 0.3 is 0 Å². The van der Waals surface area contributed by atoms with Crippen LogP contribution in [0, 0.1) is 0 Å². The molecular weight excluding hydrogens is 406 g/mol. The van der Waals surface area contributed by atoms with Crippen LogP contribution in [-0.4, -0.2) is 47.8 Å². The van der Waals surface area contributed by atoms with Crippen LogP contribution in [0.25, 0.3) is 4.96 Å². The molecule has 3 heterocycles. The van der Waals surface area contributed by atoms with Gasteiger partial charge < -0.3 is 19.7 Å². The maximum absolute atomic E-state index is 12.8. The van der Waals surface area contributed by atoms with Crippen molar-refractivity contribution in [3.63, 3.8) is 0 Å².